The SMILES string of the molecule is Cc1sc2ncnc(N3CCC(C(=O)NCCCN4CCOCC4)CC3)c2c1C. The van der Waals surface area contributed by atoms with Gasteiger partial charge in [0.25, 0.3) is 0 Å². The van der Waals surface area contributed by atoms with Crippen LogP contribution in [0.4, 0.5) is 5.82 Å². The lowest BCUT2D eigenvalue weighted by atomic mass is 9.95. The predicted octanol–water partition coefficient (Wildman–Crippen LogP) is 2.36. The Labute approximate surface area is 176 Å². The van der Waals surface area contributed by atoms with Gasteiger partial charge in [-0.15, -0.1) is 11.3 Å². The van der Waals surface area contributed by atoms with Crippen molar-refractivity contribution in [3.05, 3.63) is 16.8 Å². The zero-order valence-corrected chi connectivity index (χ0v) is 18.3. The zero-order chi connectivity index (χ0) is 20.2. The van der Waals surface area contributed by atoms with Gasteiger partial charge in [0.15, 0.2) is 0 Å². The van der Waals surface area contributed by atoms with Crippen LogP contribution in [-0.4, -0.2) is 73.3 Å². The van der Waals surface area contributed by atoms with E-state index in [-0.39, 0.29) is 11.8 Å². The number of morpholine rings is 1. The molecule has 2 aliphatic heterocycles. The molecule has 2 aromatic heterocycles. The quantitative estimate of drug-likeness (QED) is 0.728. The monoisotopic (exact) mass is 417 g/mol. The van der Waals surface area contributed by atoms with Crippen LogP contribution in [0.15, 0.2) is 6.33 Å². The first-order valence-electron chi connectivity index (χ1n) is 10.7. The van der Waals surface area contributed by atoms with Crippen molar-refractivity contribution in [2.45, 2.75) is 33.1 Å². The molecule has 0 radical (unpaired) electrons. The molecule has 1 N–H and O–H groups in total. The maximum Gasteiger partial charge on any atom is 0.223 e. The second-order valence-corrected chi connectivity index (χ2v) is 9.22. The molecular weight excluding hydrogens is 386 g/mol. The van der Waals surface area contributed by atoms with E-state index in [2.05, 4.69) is 38.9 Å². The molecule has 7 nitrogen and oxygen atoms in total. The second kappa shape index (κ2) is 9.36. The normalized spacial score (nSPS) is 19.0. The van der Waals surface area contributed by atoms with Gasteiger partial charge in [-0.25, -0.2) is 9.97 Å². The van der Waals surface area contributed by atoms with Crippen LogP contribution in [0.3, 0.4) is 0 Å². The third-order valence-corrected chi connectivity index (χ3v) is 7.28. The Kier molecular flexibility index (Phi) is 6.62. The van der Waals surface area contributed by atoms with Crippen LogP contribution >= 0.6 is 11.3 Å². The van der Waals surface area contributed by atoms with Crippen molar-refractivity contribution in [2.75, 3.05) is 57.4 Å². The van der Waals surface area contributed by atoms with Crippen molar-refractivity contribution < 1.29 is 9.53 Å². The van der Waals surface area contributed by atoms with Crippen LogP contribution in [0.25, 0.3) is 10.2 Å². The predicted molar refractivity (Wildman–Crippen MR) is 117 cm³/mol. The van der Waals surface area contributed by atoms with E-state index in [0.717, 1.165) is 82.4 Å². The number of carbonyl (C=O) groups excluding carboxylic acids is 1. The highest BCUT2D eigenvalue weighted by Crippen LogP contribution is 2.35. The first kappa shape index (κ1) is 20.5. The lowest BCUT2D eigenvalue weighted by Crippen LogP contribution is -2.42. The Morgan fingerprint density at radius 3 is 2.72 bits per heavy atom. The summed E-state index contributed by atoms with van der Waals surface area (Å²) < 4.78 is 5.37. The molecule has 0 aliphatic carbocycles. The summed E-state index contributed by atoms with van der Waals surface area (Å²) in [7, 11) is 0. The van der Waals surface area contributed by atoms with Crippen molar-refractivity contribution in [3.8, 4) is 0 Å². The number of amides is 1. The summed E-state index contributed by atoms with van der Waals surface area (Å²) in [5.41, 5.74) is 1.28. The minimum absolute atomic E-state index is 0.109. The van der Waals surface area contributed by atoms with Gasteiger partial charge in [0.1, 0.15) is 17.0 Å². The minimum atomic E-state index is 0.109. The summed E-state index contributed by atoms with van der Waals surface area (Å²) in [6.45, 7) is 11.5. The van der Waals surface area contributed by atoms with Crippen molar-refractivity contribution >= 4 is 33.3 Å². The molecule has 0 unspecified atom stereocenters. The van der Waals surface area contributed by atoms with Crippen LogP contribution in [0.1, 0.15) is 29.7 Å². The second-order valence-electron chi connectivity index (χ2n) is 8.02. The first-order chi connectivity index (χ1) is 14.1. The third kappa shape index (κ3) is 4.70. The Morgan fingerprint density at radius 1 is 1.21 bits per heavy atom. The molecule has 158 valence electrons. The minimum Gasteiger partial charge on any atom is -0.379 e. The van der Waals surface area contributed by atoms with Gasteiger partial charge in [-0.05, 0) is 45.2 Å². The van der Waals surface area contributed by atoms with E-state index in [0.29, 0.717) is 0 Å². The molecule has 2 aromatic rings. The molecule has 0 aromatic carbocycles. The number of hydrogen-bond acceptors (Lipinski definition) is 7. The fourth-order valence-corrected chi connectivity index (χ4v) is 5.23. The number of aromatic nitrogens is 2. The van der Waals surface area contributed by atoms with Crippen LogP contribution in [0, 0.1) is 19.8 Å². The molecule has 4 heterocycles. The van der Waals surface area contributed by atoms with Crippen molar-refractivity contribution in [1.29, 1.82) is 0 Å². The highest BCUT2D eigenvalue weighted by molar-refractivity contribution is 7.18. The average molecular weight is 418 g/mol. The number of thiophene rings is 1. The fraction of sp³-hybridized carbons (Fsp3) is 0.667. The molecule has 0 bridgehead atoms. The Morgan fingerprint density at radius 2 is 1.97 bits per heavy atom. The van der Waals surface area contributed by atoms with Crippen molar-refractivity contribution in [3.63, 3.8) is 0 Å². The summed E-state index contributed by atoms with van der Waals surface area (Å²) in [6, 6.07) is 0. The van der Waals surface area contributed by atoms with Gasteiger partial charge in [0.2, 0.25) is 5.91 Å². The maximum atomic E-state index is 12.6. The highest BCUT2D eigenvalue weighted by atomic mass is 32.1. The van der Waals surface area contributed by atoms with E-state index in [1.54, 1.807) is 17.7 Å². The van der Waals surface area contributed by atoms with E-state index in [9.17, 15) is 4.79 Å². The number of carbonyl (C=O) groups is 1. The van der Waals surface area contributed by atoms with Crippen LogP contribution in [0.5, 0.6) is 0 Å². The number of ether oxygens (including phenoxy) is 1. The van der Waals surface area contributed by atoms with E-state index in [1.165, 1.54) is 15.8 Å². The number of fused-ring (bicyclic) bond motifs is 1. The lowest BCUT2D eigenvalue weighted by molar-refractivity contribution is -0.125. The van der Waals surface area contributed by atoms with Gasteiger partial charge in [-0.3, -0.25) is 9.69 Å². The number of anilines is 1. The van der Waals surface area contributed by atoms with E-state index < -0.39 is 0 Å². The first-order valence-corrected chi connectivity index (χ1v) is 11.5. The number of rotatable bonds is 6. The summed E-state index contributed by atoms with van der Waals surface area (Å²) >= 11 is 1.73. The number of aryl methyl sites for hydroxylation is 2. The Hall–Kier alpha value is -1.77. The molecule has 2 saturated heterocycles. The number of nitrogens with one attached hydrogen (secondary N) is 1. The van der Waals surface area contributed by atoms with E-state index in [4.69, 9.17) is 4.74 Å². The Balaban J connectivity index is 1.25. The molecule has 0 saturated carbocycles. The largest absolute Gasteiger partial charge is 0.379 e. The Bertz CT molecular complexity index is 841. The molecule has 1 amide bonds. The van der Waals surface area contributed by atoms with Gasteiger partial charge in [0, 0.05) is 43.5 Å². The average Bonchev–Trinajstić information content (AvgIpc) is 3.06. The van der Waals surface area contributed by atoms with Gasteiger partial charge in [0.05, 0.1) is 18.6 Å². The van der Waals surface area contributed by atoms with Crippen LogP contribution in [-0.2, 0) is 9.53 Å². The van der Waals surface area contributed by atoms with Crippen LogP contribution in [0.2, 0.25) is 0 Å². The van der Waals surface area contributed by atoms with Gasteiger partial charge in [-0.2, -0.15) is 0 Å². The fourth-order valence-electron chi connectivity index (χ4n) is 4.24. The van der Waals surface area contributed by atoms with Gasteiger partial charge in [-0.1, -0.05) is 0 Å². The number of nitrogens with zero attached hydrogens (tertiary/aromatic N) is 4. The molecule has 2 aliphatic rings. The van der Waals surface area contributed by atoms with E-state index in [1.807, 2.05) is 0 Å². The van der Waals surface area contributed by atoms with Gasteiger partial charge >= 0.3 is 0 Å². The molecule has 4 rings (SSSR count). The highest BCUT2D eigenvalue weighted by Gasteiger charge is 2.27. The number of hydrogen-bond donors (Lipinski definition) is 1. The number of piperidine rings is 1. The van der Waals surface area contributed by atoms with Crippen molar-refractivity contribution in [2.24, 2.45) is 5.92 Å². The lowest BCUT2D eigenvalue weighted by Gasteiger charge is -2.32. The van der Waals surface area contributed by atoms with Crippen molar-refractivity contribution in [1.82, 2.24) is 20.2 Å². The molecule has 2 fully saturated rings. The summed E-state index contributed by atoms with van der Waals surface area (Å²) in [6.07, 6.45) is 4.42. The summed E-state index contributed by atoms with van der Waals surface area (Å²) in [5, 5.41) is 4.33. The maximum absolute atomic E-state index is 12.6. The molecular formula is C21H31N5O2S. The van der Waals surface area contributed by atoms with Gasteiger partial charge < -0.3 is 15.0 Å². The standard InChI is InChI=1S/C21H31N5O2S/c1-15-16(2)29-21-18(15)19(23-14-24-21)26-8-4-17(5-9-26)20(27)22-6-3-7-25-10-12-28-13-11-25/h14,17H,3-13H2,1-2H3,(H,22,27). The van der Waals surface area contributed by atoms with Crippen LogP contribution < -0.4 is 10.2 Å². The molecule has 29 heavy (non-hydrogen) atoms. The summed E-state index contributed by atoms with van der Waals surface area (Å²) in [4.78, 5) is 28.7. The molecule has 0 spiro atoms. The molecule has 8 heteroatoms. The topological polar surface area (TPSA) is 70.6 Å². The zero-order valence-electron chi connectivity index (χ0n) is 17.4. The third-order valence-electron chi connectivity index (χ3n) is 6.16. The summed E-state index contributed by atoms with van der Waals surface area (Å²) in [5.74, 6) is 1.35. The van der Waals surface area contributed by atoms with E-state index >= 15 is 0 Å². The smallest absolute Gasteiger partial charge is 0.223 e. The molecule has 0 atom stereocenters.